The first kappa shape index (κ1) is 15.8. The summed E-state index contributed by atoms with van der Waals surface area (Å²) in [6, 6.07) is 20.4. The fourth-order valence-electron chi connectivity index (χ4n) is 3.43. The average molecular weight is 307 g/mol. The van der Waals surface area contributed by atoms with E-state index in [0.717, 1.165) is 37.4 Å². The van der Waals surface area contributed by atoms with Gasteiger partial charge in [0.05, 0.1) is 0 Å². The van der Waals surface area contributed by atoms with Crippen LogP contribution < -0.4 is 0 Å². The van der Waals surface area contributed by atoms with Crippen LogP contribution in [0.3, 0.4) is 0 Å². The van der Waals surface area contributed by atoms with Gasteiger partial charge in [-0.1, -0.05) is 48.5 Å². The van der Waals surface area contributed by atoms with E-state index in [2.05, 4.69) is 30.3 Å². The molecule has 0 bridgehead atoms. The summed E-state index contributed by atoms with van der Waals surface area (Å²) in [6.07, 6.45) is 5.99. The number of likely N-dealkylation sites (tertiary alicyclic amines) is 1. The van der Waals surface area contributed by atoms with E-state index in [1.54, 1.807) is 0 Å². The Balaban J connectivity index is 1.41. The molecule has 3 rings (SSSR count). The van der Waals surface area contributed by atoms with Gasteiger partial charge in [-0.25, -0.2) is 0 Å². The third-order valence-electron chi connectivity index (χ3n) is 4.84. The van der Waals surface area contributed by atoms with Crippen molar-refractivity contribution in [2.75, 3.05) is 13.1 Å². The first-order chi connectivity index (χ1) is 11.3. The van der Waals surface area contributed by atoms with Crippen molar-refractivity contribution < 1.29 is 4.79 Å². The lowest BCUT2D eigenvalue weighted by molar-refractivity contribution is 0.0686. The van der Waals surface area contributed by atoms with Gasteiger partial charge in [-0.05, 0) is 55.7 Å². The molecule has 0 aliphatic carbocycles. The van der Waals surface area contributed by atoms with E-state index in [9.17, 15) is 4.79 Å². The van der Waals surface area contributed by atoms with Crippen LogP contribution in [-0.4, -0.2) is 23.9 Å². The predicted molar refractivity (Wildman–Crippen MR) is 94.4 cm³/mol. The molecule has 0 unspecified atom stereocenters. The summed E-state index contributed by atoms with van der Waals surface area (Å²) in [6.45, 7) is 1.81. The molecule has 2 aromatic carbocycles. The van der Waals surface area contributed by atoms with Gasteiger partial charge in [0.2, 0.25) is 0 Å². The molecule has 2 heteroatoms. The summed E-state index contributed by atoms with van der Waals surface area (Å²) in [7, 11) is 0. The van der Waals surface area contributed by atoms with E-state index in [4.69, 9.17) is 0 Å². The van der Waals surface area contributed by atoms with Gasteiger partial charge in [0.1, 0.15) is 0 Å². The Labute approximate surface area is 139 Å². The molecule has 2 nitrogen and oxygen atoms in total. The zero-order valence-electron chi connectivity index (χ0n) is 13.7. The molecule has 2 aromatic rings. The summed E-state index contributed by atoms with van der Waals surface area (Å²) >= 11 is 0. The van der Waals surface area contributed by atoms with Crippen LogP contribution in [0.2, 0.25) is 0 Å². The highest BCUT2D eigenvalue weighted by Gasteiger charge is 2.23. The third-order valence-corrected chi connectivity index (χ3v) is 4.84. The van der Waals surface area contributed by atoms with Crippen molar-refractivity contribution in [1.82, 2.24) is 4.90 Å². The molecule has 1 fully saturated rings. The van der Waals surface area contributed by atoms with Gasteiger partial charge >= 0.3 is 0 Å². The Morgan fingerprint density at radius 1 is 0.913 bits per heavy atom. The SMILES string of the molecule is O=C(c1ccccc1)N1CCC(CCCc2ccccc2)CC1. The molecule has 120 valence electrons. The molecule has 0 N–H and O–H groups in total. The topological polar surface area (TPSA) is 20.3 Å². The van der Waals surface area contributed by atoms with Gasteiger partial charge in [-0.3, -0.25) is 4.79 Å². The van der Waals surface area contributed by atoms with Crippen LogP contribution in [0.1, 0.15) is 41.6 Å². The predicted octanol–water partition coefficient (Wildman–Crippen LogP) is 4.56. The normalized spacial score (nSPS) is 15.6. The molecular formula is C21H25NO. The molecule has 0 atom stereocenters. The van der Waals surface area contributed by atoms with Gasteiger partial charge in [-0.2, -0.15) is 0 Å². The first-order valence-corrected chi connectivity index (χ1v) is 8.71. The number of carbonyl (C=O) groups is 1. The standard InChI is InChI=1S/C21H25NO/c23-21(20-12-5-2-6-13-20)22-16-14-19(15-17-22)11-7-10-18-8-3-1-4-9-18/h1-6,8-9,12-13,19H,7,10-11,14-17H2. The zero-order chi connectivity index (χ0) is 15.9. The summed E-state index contributed by atoms with van der Waals surface area (Å²) < 4.78 is 0. The van der Waals surface area contributed by atoms with Gasteiger partial charge in [0, 0.05) is 18.7 Å². The van der Waals surface area contributed by atoms with Crippen molar-refractivity contribution in [2.24, 2.45) is 5.92 Å². The Kier molecular flexibility index (Phi) is 5.46. The molecule has 1 amide bonds. The van der Waals surface area contributed by atoms with Gasteiger partial charge in [0.25, 0.3) is 5.91 Å². The van der Waals surface area contributed by atoms with E-state index >= 15 is 0 Å². The number of amides is 1. The van der Waals surface area contributed by atoms with E-state index in [1.807, 2.05) is 35.2 Å². The van der Waals surface area contributed by atoms with E-state index < -0.39 is 0 Å². The number of carbonyl (C=O) groups excluding carboxylic acids is 1. The van der Waals surface area contributed by atoms with Crippen LogP contribution in [0.4, 0.5) is 0 Å². The lowest BCUT2D eigenvalue weighted by Gasteiger charge is -2.32. The first-order valence-electron chi connectivity index (χ1n) is 8.71. The lowest BCUT2D eigenvalue weighted by atomic mass is 9.90. The number of benzene rings is 2. The molecule has 1 saturated heterocycles. The Morgan fingerprint density at radius 2 is 1.52 bits per heavy atom. The van der Waals surface area contributed by atoms with Gasteiger partial charge in [-0.15, -0.1) is 0 Å². The van der Waals surface area contributed by atoms with Crippen molar-refractivity contribution in [1.29, 1.82) is 0 Å². The van der Waals surface area contributed by atoms with Crippen molar-refractivity contribution in [3.63, 3.8) is 0 Å². The highest BCUT2D eigenvalue weighted by atomic mass is 16.2. The van der Waals surface area contributed by atoms with Crippen LogP contribution >= 0.6 is 0 Å². The third kappa shape index (κ3) is 4.44. The number of hydrogen-bond donors (Lipinski definition) is 0. The maximum atomic E-state index is 12.4. The minimum absolute atomic E-state index is 0.188. The monoisotopic (exact) mass is 307 g/mol. The molecule has 0 spiro atoms. The fraction of sp³-hybridized carbons (Fsp3) is 0.381. The Bertz CT molecular complexity index is 600. The second-order valence-electron chi connectivity index (χ2n) is 6.48. The van der Waals surface area contributed by atoms with Crippen molar-refractivity contribution in [3.8, 4) is 0 Å². The van der Waals surface area contributed by atoms with Crippen molar-refractivity contribution in [2.45, 2.75) is 32.1 Å². The van der Waals surface area contributed by atoms with Crippen LogP contribution in [0.15, 0.2) is 60.7 Å². The second-order valence-corrected chi connectivity index (χ2v) is 6.48. The molecule has 23 heavy (non-hydrogen) atoms. The summed E-state index contributed by atoms with van der Waals surface area (Å²) in [5, 5.41) is 0. The largest absolute Gasteiger partial charge is 0.339 e. The van der Waals surface area contributed by atoms with E-state index in [0.29, 0.717) is 0 Å². The molecule has 0 radical (unpaired) electrons. The van der Waals surface area contributed by atoms with Crippen molar-refractivity contribution in [3.05, 3.63) is 71.8 Å². The molecule has 1 aliphatic heterocycles. The molecule has 0 saturated carbocycles. The molecular weight excluding hydrogens is 282 g/mol. The number of aryl methyl sites for hydroxylation is 1. The minimum atomic E-state index is 0.188. The van der Waals surface area contributed by atoms with Crippen LogP contribution in [-0.2, 0) is 6.42 Å². The zero-order valence-corrected chi connectivity index (χ0v) is 13.7. The Hall–Kier alpha value is -2.09. The number of piperidine rings is 1. The van der Waals surface area contributed by atoms with Crippen molar-refractivity contribution >= 4 is 5.91 Å². The summed E-state index contributed by atoms with van der Waals surface area (Å²) in [5.41, 5.74) is 2.25. The van der Waals surface area contributed by atoms with Crippen LogP contribution in [0.5, 0.6) is 0 Å². The average Bonchev–Trinajstić information content (AvgIpc) is 2.63. The smallest absolute Gasteiger partial charge is 0.253 e. The summed E-state index contributed by atoms with van der Waals surface area (Å²) in [4.78, 5) is 14.4. The molecule has 1 heterocycles. The second kappa shape index (κ2) is 7.96. The van der Waals surface area contributed by atoms with E-state index in [1.165, 1.54) is 24.8 Å². The molecule has 0 aromatic heterocycles. The van der Waals surface area contributed by atoms with Gasteiger partial charge in [0.15, 0.2) is 0 Å². The lowest BCUT2D eigenvalue weighted by Crippen LogP contribution is -2.38. The number of hydrogen-bond acceptors (Lipinski definition) is 1. The highest BCUT2D eigenvalue weighted by Crippen LogP contribution is 2.24. The quantitative estimate of drug-likeness (QED) is 0.793. The number of rotatable bonds is 5. The highest BCUT2D eigenvalue weighted by molar-refractivity contribution is 5.94. The van der Waals surface area contributed by atoms with Crippen LogP contribution in [0, 0.1) is 5.92 Å². The summed E-state index contributed by atoms with van der Waals surface area (Å²) in [5.74, 6) is 0.965. The van der Waals surface area contributed by atoms with Gasteiger partial charge < -0.3 is 4.90 Å². The fourth-order valence-corrected chi connectivity index (χ4v) is 3.43. The van der Waals surface area contributed by atoms with Crippen LogP contribution in [0.25, 0.3) is 0 Å². The maximum absolute atomic E-state index is 12.4. The molecule has 1 aliphatic rings. The maximum Gasteiger partial charge on any atom is 0.253 e. The van der Waals surface area contributed by atoms with E-state index in [-0.39, 0.29) is 5.91 Å². The minimum Gasteiger partial charge on any atom is -0.339 e. The Morgan fingerprint density at radius 3 is 2.17 bits per heavy atom. The number of nitrogens with zero attached hydrogens (tertiary/aromatic N) is 1.